The van der Waals surface area contributed by atoms with Gasteiger partial charge in [-0.05, 0) is 35.9 Å². The normalized spacial score (nSPS) is 17.1. The molecule has 2 atom stereocenters. The van der Waals surface area contributed by atoms with Gasteiger partial charge < -0.3 is 19.8 Å². The fourth-order valence-corrected chi connectivity index (χ4v) is 4.50. The van der Waals surface area contributed by atoms with Crippen LogP contribution in [-0.2, 0) is 0 Å². The first-order chi connectivity index (χ1) is 17.0. The minimum absolute atomic E-state index is 0.0955. The highest BCUT2D eigenvalue weighted by atomic mass is 35.5. The van der Waals surface area contributed by atoms with Crippen molar-refractivity contribution in [2.75, 3.05) is 44.4 Å². The van der Waals surface area contributed by atoms with E-state index in [9.17, 15) is 5.11 Å². The number of hydrogen-bond acceptors (Lipinski definition) is 6. The third kappa shape index (κ3) is 5.72. The van der Waals surface area contributed by atoms with Gasteiger partial charge in [0.05, 0.1) is 43.3 Å². The van der Waals surface area contributed by atoms with Crippen LogP contribution in [0, 0.1) is 12.4 Å². The first-order valence-electron chi connectivity index (χ1n) is 11.3. The fraction of sp³-hybridized carbons (Fsp3) is 0.308. The lowest BCUT2D eigenvalue weighted by Gasteiger charge is -2.45. The smallest absolute Gasteiger partial charge is 0.205 e. The predicted octanol–water partition coefficient (Wildman–Crippen LogP) is 4.39. The zero-order valence-electron chi connectivity index (χ0n) is 19.0. The number of aromatic nitrogens is 1. The van der Waals surface area contributed by atoms with Gasteiger partial charge >= 0.3 is 0 Å². The summed E-state index contributed by atoms with van der Waals surface area (Å²) in [5.41, 5.74) is 2.53. The van der Waals surface area contributed by atoms with E-state index in [0.29, 0.717) is 47.5 Å². The standard InChI is InChI=1S/C26H26ClFN4O3/c1-29-20-6-8-23(30-15-20)26(17-34)31-10-11-32(25(16-31)18-2-4-19(27)5-3-18)24-9-7-21(14-22(24)28)35-13-12-33/h2-9,14-15,25-26,33-34H,10-13,16-17H2/t25-,26+/m0/s1. The molecule has 0 bridgehead atoms. The molecule has 3 aromatic rings. The minimum Gasteiger partial charge on any atom is -0.491 e. The summed E-state index contributed by atoms with van der Waals surface area (Å²) < 4.78 is 20.5. The molecule has 9 heteroatoms. The molecule has 4 rings (SSSR count). The monoisotopic (exact) mass is 496 g/mol. The molecule has 0 aliphatic carbocycles. The molecule has 1 saturated heterocycles. The zero-order chi connectivity index (χ0) is 24.8. The molecule has 1 aliphatic rings. The van der Waals surface area contributed by atoms with Gasteiger partial charge in [0.2, 0.25) is 5.69 Å². The highest BCUT2D eigenvalue weighted by Crippen LogP contribution is 2.36. The number of rotatable bonds is 8. The van der Waals surface area contributed by atoms with E-state index >= 15 is 4.39 Å². The molecule has 2 heterocycles. The summed E-state index contributed by atoms with van der Waals surface area (Å²) in [6.07, 6.45) is 1.51. The molecule has 0 spiro atoms. The molecule has 35 heavy (non-hydrogen) atoms. The average Bonchev–Trinajstić information content (AvgIpc) is 2.89. The van der Waals surface area contributed by atoms with Gasteiger partial charge in [-0.25, -0.2) is 9.24 Å². The topological polar surface area (TPSA) is 73.4 Å². The van der Waals surface area contributed by atoms with Crippen molar-refractivity contribution in [3.8, 4) is 5.75 Å². The van der Waals surface area contributed by atoms with Crippen molar-refractivity contribution >= 4 is 23.0 Å². The van der Waals surface area contributed by atoms with Crippen molar-refractivity contribution in [1.82, 2.24) is 9.88 Å². The molecule has 1 aromatic heterocycles. The van der Waals surface area contributed by atoms with Gasteiger partial charge in [-0.15, -0.1) is 0 Å². The van der Waals surface area contributed by atoms with E-state index < -0.39 is 5.82 Å². The van der Waals surface area contributed by atoms with Crippen LogP contribution in [0.15, 0.2) is 60.8 Å². The number of aliphatic hydroxyl groups excluding tert-OH is 2. The summed E-state index contributed by atoms with van der Waals surface area (Å²) in [5, 5.41) is 19.8. The number of halogens is 2. The molecule has 0 unspecified atom stereocenters. The molecule has 2 aromatic carbocycles. The fourth-order valence-electron chi connectivity index (χ4n) is 4.38. The second-order valence-corrected chi connectivity index (χ2v) is 8.63. The van der Waals surface area contributed by atoms with Crippen LogP contribution in [0.2, 0.25) is 5.02 Å². The Morgan fingerprint density at radius 1 is 1.14 bits per heavy atom. The lowest BCUT2D eigenvalue weighted by molar-refractivity contribution is 0.100. The molecular formula is C26H26ClFN4O3. The average molecular weight is 497 g/mol. The second kappa shape index (κ2) is 11.5. The number of hydrogen-bond donors (Lipinski definition) is 2. The summed E-state index contributed by atoms with van der Waals surface area (Å²) in [6, 6.07) is 15.1. The number of ether oxygens (including phenoxy) is 1. The van der Waals surface area contributed by atoms with Gasteiger partial charge in [0.25, 0.3) is 0 Å². The van der Waals surface area contributed by atoms with Crippen LogP contribution in [0.25, 0.3) is 4.85 Å². The molecule has 7 nitrogen and oxygen atoms in total. The van der Waals surface area contributed by atoms with Gasteiger partial charge in [0.15, 0.2) is 0 Å². The van der Waals surface area contributed by atoms with Crippen LogP contribution >= 0.6 is 11.6 Å². The maximum absolute atomic E-state index is 15.2. The number of piperazine rings is 1. The highest BCUT2D eigenvalue weighted by molar-refractivity contribution is 6.30. The molecule has 0 amide bonds. The predicted molar refractivity (Wildman–Crippen MR) is 132 cm³/mol. The Morgan fingerprint density at radius 3 is 2.57 bits per heavy atom. The largest absolute Gasteiger partial charge is 0.491 e. The Hall–Kier alpha value is -3.22. The summed E-state index contributed by atoms with van der Waals surface area (Å²) in [4.78, 5) is 11.9. The van der Waals surface area contributed by atoms with Crippen molar-refractivity contribution in [3.63, 3.8) is 0 Å². The van der Waals surface area contributed by atoms with E-state index in [1.807, 2.05) is 29.2 Å². The van der Waals surface area contributed by atoms with E-state index in [2.05, 4.69) is 14.7 Å². The molecule has 2 N–H and O–H groups in total. The van der Waals surface area contributed by atoms with Crippen molar-refractivity contribution < 1.29 is 19.3 Å². The number of benzene rings is 2. The molecule has 0 radical (unpaired) electrons. The Labute approximate surface area is 208 Å². The summed E-state index contributed by atoms with van der Waals surface area (Å²) in [6.45, 7) is 8.54. The quantitative estimate of drug-likeness (QED) is 0.450. The van der Waals surface area contributed by atoms with Crippen molar-refractivity contribution in [3.05, 3.63) is 94.3 Å². The van der Waals surface area contributed by atoms with E-state index in [1.165, 1.54) is 12.3 Å². The lowest BCUT2D eigenvalue weighted by atomic mass is 9.99. The number of anilines is 1. The van der Waals surface area contributed by atoms with Gasteiger partial charge in [0.1, 0.15) is 18.2 Å². The Kier molecular flexibility index (Phi) is 8.16. The number of pyridine rings is 1. The second-order valence-electron chi connectivity index (χ2n) is 8.19. The number of aliphatic hydroxyl groups is 2. The summed E-state index contributed by atoms with van der Waals surface area (Å²) >= 11 is 6.12. The first kappa shape index (κ1) is 24.9. The molecule has 1 aliphatic heterocycles. The van der Waals surface area contributed by atoms with Crippen LogP contribution in [-0.4, -0.2) is 59.6 Å². The molecule has 0 saturated carbocycles. The molecular weight excluding hydrogens is 471 g/mol. The van der Waals surface area contributed by atoms with Gasteiger partial charge in [-0.3, -0.25) is 9.88 Å². The SMILES string of the molecule is [C-]#[N+]c1ccc([C@@H](CO)N2CCN(c3ccc(OCCO)cc3F)[C@H](c3ccc(Cl)cc3)C2)nc1. The Bertz CT molecular complexity index is 1170. The van der Waals surface area contributed by atoms with Crippen molar-refractivity contribution in [1.29, 1.82) is 0 Å². The van der Waals surface area contributed by atoms with Crippen LogP contribution < -0.4 is 9.64 Å². The van der Waals surface area contributed by atoms with Crippen LogP contribution in [0.4, 0.5) is 15.8 Å². The third-order valence-corrected chi connectivity index (χ3v) is 6.36. The van der Waals surface area contributed by atoms with Crippen molar-refractivity contribution in [2.45, 2.75) is 12.1 Å². The highest BCUT2D eigenvalue weighted by Gasteiger charge is 2.34. The van der Waals surface area contributed by atoms with E-state index in [1.54, 1.807) is 24.3 Å². The number of nitrogens with zero attached hydrogens (tertiary/aromatic N) is 4. The third-order valence-electron chi connectivity index (χ3n) is 6.11. The lowest BCUT2D eigenvalue weighted by Crippen LogP contribution is -2.50. The van der Waals surface area contributed by atoms with Crippen LogP contribution in [0.3, 0.4) is 0 Å². The summed E-state index contributed by atoms with van der Waals surface area (Å²) in [5.74, 6) is -0.0563. The van der Waals surface area contributed by atoms with Gasteiger partial charge in [-0.1, -0.05) is 29.8 Å². The van der Waals surface area contributed by atoms with E-state index in [4.69, 9.17) is 28.0 Å². The zero-order valence-corrected chi connectivity index (χ0v) is 19.8. The maximum atomic E-state index is 15.2. The Morgan fingerprint density at radius 2 is 1.94 bits per heavy atom. The van der Waals surface area contributed by atoms with Gasteiger partial charge in [-0.2, -0.15) is 0 Å². The maximum Gasteiger partial charge on any atom is 0.205 e. The Balaban J connectivity index is 1.64. The summed E-state index contributed by atoms with van der Waals surface area (Å²) in [7, 11) is 0. The van der Waals surface area contributed by atoms with Crippen molar-refractivity contribution in [2.24, 2.45) is 0 Å². The molecule has 182 valence electrons. The van der Waals surface area contributed by atoms with Gasteiger partial charge in [0, 0.05) is 36.9 Å². The van der Waals surface area contributed by atoms with Crippen LogP contribution in [0.1, 0.15) is 23.3 Å². The first-order valence-corrected chi connectivity index (χ1v) is 11.7. The molecule has 1 fully saturated rings. The van der Waals surface area contributed by atoms with E-state index in [0.717, 1.165) is 5.56 Å². The van der Waals surface area contributed by atoms with Crippen LogP contribution in [0.5, 0.6) is 5.75 Å². The van der Waals surface area contributed by atoms with E-state index in [-0.39, 0.29) is 31.9 Å². The minimum atomic E-state index is -0.414.